The maximum absolute atomic E-state index is 10.9. The summed E-state index contributed by atoms with van der Waals surface area (Å²) in [5.41, 5.74) is 0. The van der Waals surface area contributed by atoms with Gasteiger partial charge < -0.3 is 5.11 Å². The molecule has 0 unspecified atom stereocenters. The fourth-order valence-corrected chi connectivity index (χ4v) is 1.48. The third-order valence-electron chi connectivity index (χ3n) is 1.12. The molecule has 0 aromatic carbocycles. The van der Waals surface area contributed by atoms with Crippen LogP contribution in [-0.4, -0.2) is 16.7 Å². The molecule has 0 spiro atoms. The Labute approximate surface area is 80.9 Å². The molecule has 11 heavy (non-hydrogen) atoms. The molecule has 1 aliphatic carbocycles. The highest BCUT2D eigenvalue weighted by Crippen LogP contribution is 2.24. The number of Topliss-reactive ketones (excluding diaryl/α,β-unsaturated/α-hetero) is 1. The van der Waals surface area contributed by atoms with Crippen LogP contribution in [0.4, 0.5) is 0 Å². The predicted octanol–water partition coefficient (Wildman–Crippen LogP) is 1.47. The maximum atomic E-state index is 10.9. The van der Waals surface area contributed by atoms with Crippen LogP contribution in [0.25, 0.3) is 0 Å². The molecule has 5 heteroatoms. The van der Waals surface area contributed by atoms with Gasteiger partial charge in [-0.1, -0.05) is 11.6 Å². The number of carbonyl (C=O) groups excluding carboxylic acids is 2. The number of rotatable bonds is 0. The third-order valence-corrected chi connectivity index (χ3v) is 2.27. The van der Waals surface area contributed by atoms with Crippen LogP contribution in [0.2, 0.25) is 0 Å². The normalized spacial score (nSPS) is 18.9. The quantitative estimate of drug-likeness (QED) is 0.541. The number of carbonyl (C=O) groups is 2. The van der Waals surface area contributed by atoms with Crippen molar-refractivity contribution >= 4 is 45.8 Å². The van der Waals surface area contributed by atoms with E-state index in [1.165, 1.54) is 0 Å². The van der Waals surface area contributed by atoms with Crippen molar-refractivity contribution in [1.82, 2.24) is 0 Å². The second-order valence-electron chi connectivity index (χ2n) is 1.85. The van der Waals surface area contributed by atoms with E-state index >= 15 is 0 Å². The van der Waals surface area contributed by atoms with Gasteiger partial charge in [0.2, 0.25) is 11.6 Å². The summed E-state index contributed by atoms with van der Waals surface area (Å²) in [5, 5.41) is 8.46. The smallest absolute Gasteiger partial charge is 0.223 e. The van der Waals surface area contributed by atoms with E-state index < -0.39 is 22.4 Å². The summed E-state index contributed by atoms with van der Waals surface area (Å²) in [6, 6.07) is 0. The first kappa shape index (κ1) is 8.73. The lowest BCUT2D eigenvalue weighted by Crippen LogP contribution is -2.13. The summed E-state index contributed by atoms with van der Waals surface area (Å²) in [5.74, 6) is -1.81. The first-order valence-electron chi connectivity index (χ1n) is 2.59. The first-order valence-corrected chi connectivity index (χ1v) is 4.04. The molecule has 0 fully saturated rings. The molecule has 0 saturated heterocycles. The van der Waals surface area contributed by atoms with Gasteiger partial charge in [0.25, 0.3) is 0 Å². The minimum Gasteiger partial charge on any atom is -0.503 e. The summed E-state index contributed by atoms with van der Waals surface area (Å²) in [6.07, 6.45) is 1.05. The van der Waals surface area contributed by atoms with E-state index in [2.05, 4.69) is 0 Å². The molecule has 0 aromatic rings. The monoisotopic (exact) mass is 284 g/mol. The summed E-state index contributed by atoms with van der Waals surface area (Å²) >= 11 is 7.01. The van der Waals surface area contributed by atoms with Crippen LogP contribution < -0.4 is 0 Å². The second-order valence-corrected chi connectivity index (χ2v) is 3.39. The van der Waals surface area contributed by atoms with Gasteiger partial charge in [-0.2, -0.15) is 0 Å². The van der Waals surface area contributed by atoms with Gasteiger partial charge >= 0.3 is 0 Å². The van der Waals surface area contributed by atoms with Crippen molar-refractivity contribution in [2.75, 3.05) is 0 Å². The van der Waals surface area contributed by atoms with Gasteiger partial charge in [-0.05, 0) is 22.6 Å². The minimum absolute atomic E-state index is 0.218. The topological polar surface area (TPSA) is 54.4 Å². The molecule has 0 radical (unpaired) electrons. The molecule has 0 aromatic heterocycles. The second kappa shape index (κ2) is 2.94. The highest BCUT2D eigenvalue weighted by molar-refractivity contribution is 14.1. The Morgan fingerprint density at radius 2 is 2.00 bits per heavy atom. The van der Waals surface area contributed by atoms with E-state index in [1.54, 1.807) is 22.6 Å². The van der Waals surface area contributed by atoms with Crippen LogP contribution in [-0.2, 0) is 9.59 Å². The molecule has 58 valence electrons. The third kappa shape index (κ3) is 1.46. The lowest BCUT2D eigenvalue weighted by Gasteiger charge is -2.05. The van der Waals surface area contributed by atoms with E-state index in [4.69, 9.17) is 16.7 Å². The zero-order chi connectivity index (χ0) is 8.59. The molecule has 0 bridgehead atoms. The van der Waals surface area contributed by atoms with Crippen molar-refractivity contribution < 1.29 is 14.7 Å². The van der Waals surface area contributed by atoms with Crippen molar-refractivity contribution in [2.45, 2.75) is 0 Å². The summed E-state index contributed by atoms with van der Waals surface area (Å²) in [6.45, 7) is 0. The van der Waals surface area contributed by atoms with E-state index in [9.17, 15) is 9.59 Å². The van der Waals surface area contributed by atoms with Crippen LogP contribution in [0.15, 0.2) is 20.4 Å². The fourth-order valence-electron chi connectivity index (χ4n) is 0.570. The lowest BCUT2D eigenvalue weighted by molar-refractivity contribution is -0.116. The molecule has 0 amide bonds. The summed E-state index contributed by atoms with van der Waals surface area (Å²) in [4.78, 5) is 21.6. The summed E-state index contributed by atoms with van der Waals surface area (Å²) < 4.78 is 0.218. The summed E-state index contributed by atoms with van der Waals surface area (Å²) in [7, 11) is 0. The molecule has 1 rings (SSSR count). The van der Waals surface area contributed by atoms with Gasteiger partial charge in [0.1, 0.15) is 5.03 Å². The standard InChI is InChI=1S/C6H2ClIO3/c7-4-5(10)2(8)1-3(9)6(4)11/h1,11H. The van der Waals surface area contributed by atoms with Gasteiger partial charge in [-0.15, -0.1) is 0 Å². The fraction of sp³-hybridized carbons (Fsp3) is 0. The van der Waals surface area contributed by atoms with Crippen molar-refractivity contribution in [3.05, 3.63) is 20.4 Å². The van der Waals surface area contributed by atoms with E-state index in [0.29, 0.717) is 0 Å². The van der Waals surface area contributed by atoms with E-state index in [-0.39, 0.29) is 3.58 Å². The highest BCUT2D eigenvalue weighted by Gasteiger charge is 2.25. The number of hydrogen-bond donors (Lipinski definition) is 1. The Morgan fingerprint density at radius 1 is 1.45 bits per heavy atom. The number of ketones is 2. The van der Waals surface area contributed by atoms with Crippen molar-refractivity contribution in [3.8, 4) is 0 Å². The number of halogens is 2. The van der Waals surface area contributed by atoms with Crippen molar-refractivity contribution in [1.29, 1.82) is 0 Å². The Morgan fingerprint density at radius 3 is 2.55 bits per heavy atom. The molecular weight excluding hydrogens is 282 g/mol. The number of hydrogen-bond acceptors (Lipinski definition) is 3. The Bertz CT molecular complexity index is 303. The molecule has 1 aliphatic rings. The predicted molar refractivity (Wildman–Crippen MR) is 47.6 cm³/mol. The Kier molecular flexibility index (Phi) is 2.34. The van der Waals surface area contributed by atoms with Gasteiger partial charge in [0, 0.05) is 6.08 Å². The van der Waals surface area contributed by atoms with Crippen molar-refractivity contribution in [3.63, 3.8) is 0 Å². The van der Waals surface area contributed by atoms with Crippen LogP contribution in [0.3, 0.4) is 0 Å². The molecule has 3 nitrogen and oxygen atoms in total. The van der Waals surface area contributed by atoms with Gasteiger partial charge in [-0.3, -0.25) is 9.59 Å². The minimum atomic E-state index is -0.669. The SMILES string of the molecule is O=C1C=C(I)C(=O)C(Cl)=C1O. The van der Waals surface area contributed by atoms with E-state index in [1.807, 2.05) is 0 Å². The van der Waals surface area contributed by atoms with Crippen molar-refractivity contribution in [2.24, 2.45) is 0 Å². The van der Waals surface area contributed by atoms with Crippen LogP contribution >= 0.6 is 34.2 Å². The average Bonchev–Trinajstić information content (AvgIpc) is 1.97. The van der Waals surface area contributed by atoms with Crippen LogP contribution in [0.5, 0.6) is 0 Å². The molecule has 0 saturated carbocycles. The van der Waals surface area contributed by atoms with Gasteiger partial charge in [0.05, 0.1) is 3.58 Å². The molecule has 1 N–H and O–H groups in total. The zero-order valence-corrected chi connectivity index (χ0v) is 8.01. The van der Waals surface area contributed by atoms with Crippen LogP contribution in [0, 0.1) is 0 Å². The Balaban J connectivity index is 3.19. The number of aliphatic hydroxyl groups is 1. The Hall–Kier alpha value is -0.360. The molecule has 0 heterocycles. The van der Waals surface area contributed by atoms with Crippen LogP contribution in [0.1, 0.15) is 0 Å². The number of aliphatic hydroxyl groups excluding tert-OH is 1. The average molecular weight is 284 g/mol. The lowest BCUT2D eigenvalue weighted by atomic mass is 10.1. The molecule has 0 aliphatic heterocycles. The first-order chi connectivity index (χ1) is 5.04. The maximum Gasteiger partial charge on any atom is 0.223 e. The van der Waals surface area contributed by atoms with Gasteiger partial charge in [-0.25, -0.2) is 0 Å². The zero-order valence-electron chi connectivity index (χ0n) is 5.10. The number of allylic oxidation sites excluding steroid dienone is 3. The van der Waals surface area contributed by atoms with E-state index in [0.717, 1.165) is 6.08 Å². The molecule has 0 atom stereocenters. The largest absolute Gasteiger partial charge is 0.503 e. The van der Waals surface area contributed by atoms with Gasteiger partial charge in [0.15, 0.2) is 5.76 Å². The molecular formula is C6H2ClIO3. The highest BCUT2D eigenvalue weighted by atomic mass is 127.